The zero-order valence-electron chi connectivity index (χ0n) is 20.5. The highest BCUT2D eigenvalue weighted by Crippen LogP contribution is 2.38. The molecule has 2 fully saturated rings. The summed E-state index contributed by atoms with van der Waals surface area (Å²) in [5.74, 6) is 1.76. The number of benzene rings is 1. The molecule has 184 valence electrons. The average Bonchev–Trinajstić information content (AvgIpc) is 2.84. The predicted molar refractivity (Wildman–Crippen MR) is 127 cm³/mol. The number of hydrogen-bond donors (Lipinski definition) is 1. The maximum absolute atomic E-state index is 13.1. The number of piperidine rings is 2. The summed E-state index contributed by atoms with van der Waals surface area (Å²) in [5, 5.41) is 3.09. The molecule has 0 unspecified atom stereocenters. The summed E-state index contributed by atoms with van der Waals surface area (Å²) in [6.45, 7) is 6.32. The van der Waals surface area contributed by atoms with Crippen LogP contribution in [0.15, 0.2) is 12.1 Å². The van der Waals surface area contributed by atoms with E-state index in [0.29, 0.717) is 60.8 Å². The van der Waals surface area contributed by atoms with Gasteiger partial charge in [0.1, 0.15) is 0 Å². The van der Waals surface area contributed by atoms with Crippen molar-refractivity contribution < 1.29 is 23.8 Å². The van der Waals surface area contributed by atoms with E-state index < -0.39 is 0 Å². The van der Waals surface area contributed by atoms with Crippen molar-refractivity contribution in [2.24, 2.45) is 5.92 Å². The summed E-state index contributed by atoms with van der Waals surface area (Å²) in [5.41, 5.74) is 0.507. The Kier molecular flexibility index (Phi) is 9.23. The van der Waals surface area contributed by atoms with E-state index in [1.165, 1.54) is 40.6 Å². The Hall–Kier alpha value is -2.48. The van der Waals surface area contributed by atoms with Crippen molar-refractivity contribution in [3.8, 4) is 17.2 Å². The van der Waals surface area contributed by atoms with Gasteiger partial charge in [-0.25, -0.2) is 0 Å². The number of amides is 2. The van der Waals surface area contributed by atoms with Gasteiger partial charge in [-0.05, 0) is 57.2 Å². The number of carbonyl (C=O) groups is 2. The SMILES string of the molecule is COc1cc(C(=O)N2CCC(CC(=O)NCCN3CCCC[C@@H]3C)CC2)cc(OC)c1OC. The third-order valence-corrected chi connectivity index (χ3v) is 6.95. The Balaban J connectivity index is 1.45. The number of nitrogens with zero attached hydrogens (tertiary/aromatic N) is 2. The summed E-state index contributed by atoms with van der Waals surface area (Å²) in [6, 6.07) is 3.99. The molecular formula is C25H39N3O5. The van der Waals surface area contributed by atoms with Crippen LogP contribution in [0.5, 0.6) is 17.2 Å². The van der Waals surface area contributed by atoms with Crippen molar-refractivity contribution in [3.63, 3.8) is 0 Å². The molecule has 1 aromatic carbocycles. The van der Waals surface area contributed by atoms with Crippen LogP contribution in [0.2, 0.25) is 0 Å². The van der Waals surface area contributed by atoms with Gasteiger partial charge in [-0.1, -0.05) is 6.42 Å². The monoisotopic (exact) mass is 461 g/mol. The second-order valence-electron chi connectivity index (χ2n) is 9.08. The molecule has 1 aromatic rings. The molecule has 8 heteroatoms. The maximum Gasteiger partial charge on any atom is 0.254 e. The standard InChI is InChI=1S/C25H39N3O5/c1-18-7-5-6-11-27(18)14-10-26-23(29)15-19-8-12-28(13-9-19)25(30)20-16-21(31-2)24(33-4)22(17-20)32-3/h16-19H,5-15H2,1-4H3,(H,26,29)/t18-/m0/s1. The smallest absolute Gasteiger partial charge is 0.254 e. The molecule has 2 aliphatic rings. The van der Waals surface area contributed by atoms with E-state index in [4.69, 9.17) is 14.2 Å². The largest absolute Gasteiger partial charge is 0.493 e. The quantitative estimate of drug-likeness (QED) is 0.609. The topological polar surface area (TPSA) is 80.3 Å². The van der Waals surface area contributed by atoms with Gasteiger partial charge < -0.3 is 24.4 Å². The fraction of sp³-hybridized carbons (Fsp3) is 0.680. The molecule has 0 bridgehead atoms. The van der Waals surface area contributed by atoms with Gasteiger partial charge in [0.2, 0.25) is 11.7 Å². The lowest BCUT2D eigenvalue weighted by molar-refractivity contribution is -0.122. The molecule has 0 spiro atoms. The first-order valence-electron chi connectivity index (χ1n) is 12.1. The molecule has 8 nitrogen and oxygen atoms in total. The molecule has 0 aliphatic carbocycles. The third kappa shape index (κ3) is 6.53. The zero-order valence-corrected chi connectivity index (χ0v) is 20.5. The van der Waals surface area contributed by atoms with Gasteiger partial charge in [0.05, 0.1) is 21.3 Å². The van der Waals surface area contributed by atoms with Crippen molar-refractivity contribution in [1.82, 2.24) is 15.1 Å². The highest BCUT2D eigenvalue weighted by atomic mass is 16.5. The van der Waals surface area contributed by atoms with Crippen LogP contribution in [-0.4, -0.2) is 81.7 Å². The van der Waals surface area contributed by atoms with Gasteiger partial charge in [-0.15, -0.1) is 0 Å². The Morgan fingerprint density at radius 2 is 1.64 bits per heavy atom. The zero-order chi connectivity index (χ0) is 23.8. The van der Waals surface area contributed by atoms with Gasteiger partial charge in [-0.3, -0.25) is 14.5 Å². The minimum atomic E-state index is -0.0622. The molecule has 2 amide bonds. The number of hydrogen-bond acceptors (Lipinski definition) is 6. The molecule has 0 saturated carbocycles. The maximum atomic E-state index is 13.1. The summed E-state index contributed by atoms with van der Waals surface area (Å²) in [7, 11) is 4.61. The molecule has 0 radical (unpaired) electrons. The third-order valence-electron chi connectivity index (χ3n) is 6.95. The van der Waals surface area contributed by atoms with E-state index in [9.17, 15) is 9.59 Å². The fourth-order valence-corrected chi connectivity index (χ4v) is 4.89. The minimum Gasteiger partial charge on any atom is -0.493 e. The van der Waals surface area contributed by atoms with Gasteiger partial charge >= 0.3 is 0 Å². The van der Waals surface area contributed by atoms with Crippen molar-refractivity contribution in [2.45, 2.75) is 51.5 Å². The number of carbonyl (C=O) groups excluding carboxylic acids is 2. The van der Waals surface area contributed by atoms with E-state index in [-0.39, 0.29) is 11.8 Å². The first kappa shape index (κ1) is 25.1. The van der Waals surface area contributed by atoms with Crippen molar-refractivity contribution in [2.75, 3.05) is 54.1 Å². The Morgan fingerprint density at radius 3 is 2.21 bits per heavy atom. The van der Waals surface area contributed by atoms with Crippen molar-refractivity contribution >= 4 is 11.8 Å². The van der Waals surface area contributed by atoms with Gasteiger partial charge in [0.15, 0.2) is 11.5 Å². The Bertz CT molecular complexity index is 782. The lowest BCUT2D eigenvalue weighted by Gasteiger charge is -2.33. The highest BCUT2D eigenvalue weighted by molar-refractivity contribution is 5.95. The molecule has 3 rings (SSSR count). The first-order chi connectivity index (χ1) is 16.0. The minimum absolute atomic E-state index is 0.0622. The number of methoxy groups -OCH3 is 3. The number of rotatable bonds is 9. The molecule has 0 aromatic heterocycles. The molecule has 2 saturated heterocycles. The molecule has 2 aliphatic heterocycles. The Morgan fingerprint density at radius 1 is 0.970 bits per heavy atom. The molecule has 1 N–H and O–H groups in total. The summed E-state index contributed by atoms with van der Waals surface area (Å²) >= 11 is 0. The predicted octanol–water partition coefficient (Wildman–Crippen LogP) is 2.95. The molecule has 2 heterocycles. The molecule has 33 heavy (non-hydrogen) atoms. The number of likely N-dealkylation sites (tertiary alicyclic amines) is 2. The van der Waals surface area contributed by atoms with Crippen LogP contribution in [-0.2, 0) is 4.79 Å². The lowest BCUT2D eigenvalue weighted by Crippen LogP contribution is -2.43. The van der Waals surface area contributed by atoms with Crippen LogP contribution in [0, 0.1) is 5.92 Å². The van der Waals surface area contributed by atoms with Crippen LogP contribution in [0.1, 0.15) is 55.8 Å². The molecule has 1 atom stereocenters. The van der Waals surface area contributed by atoms with Gasteiger partial charge in [-0.2, -0.15) is 0 Å². The summed E-state index contributed by atoms with van der Waals surface area (Å²) in [4.78, 5) is 29.8. The summed E-state index contributed by atoms with van der Waals surface area (Å²) < 4.78 is 16.1. The van der Waals surface area contributed by atoms with Crippen molar-refractivity contribution in [3.05, 3.63) is 17.7 Å². The normalized spacial score (nSPS) is 19.8. The lowest BCUT2D eigenvalue weighted by atomic mass is 9.92. The number of ether oxygens (including phenoxy) is 3. The number of nitrogens with one attached hydrogen (secondary N) is 1. The van der Waals surface area contributed by atoms with Crippen LogP contribution < -0.4 is 19.5 Å². The van der Waals surface area contributed by atoms with E-state index in [1.54, 1.807) is 12.1 Å². The van der Waals surface area contributed by atoms with E-state index in [0.717, 1.165) is 25.9 Å². The fourth-order valence-electron chi connectivity index (χ4n) is 4.89. The van der Waals surface area contributed by atoms with Crippen LogP contribution in [0.3, 0.4) is 0 Å². The second kappa shape index (κ2) is 12.1. The van der Waals surface area contributed by atoms with Gasteiger partial charge in [0.25, 0.3) is 5.91 Å². The van der Waals surface area contributed by atoms with Crippen molar-refractivity contribution in [1.29, 1.82) is 0 Å². The molecular weight excluding hydrogens is 422 g/mol. The van der Waals surface area contributed by atoms with E-state index in [1.807, 2.05) is 4.90 Å². The second-order valence-corrected chi connectivity index (χ2v) is 9.08. The van der Waals surface area contributed by atoms with Crippen LogP contribution in [0.25, 0.3) is 0 Å². The van der Waals surface area contributed by atoms with Crippen LogP contribution >= 0.6 is 0 Å². The van der Waals surface area contributed by atoms with E-state index in [2.05, 4.69) is 17.1 Å². The average molecular weight is 462 g/mol. The highest BCUT2D eigenvalue weighted by Gasteiger charge is 2.27. The van der Waals surface area contributed by atoms with E-state index >= 15 is 0 Å². The first-order valence-corrected chi connectivity index (χ1v) is 12.1. The van der Waals surface area contributed by atoms with Crippen LogP contribution in [0.4, 0.5) is 0 Å². The summed E-state index contributed by atoms with van der Waals surface area (Å²) in [6.07, 6.45) is 6.00. The van der Waals surface area contributed by atoms with Gasteiger partial charge in [0, 0.05) is 44.2 Å². The Labute approximate surface area is 197 Å².